The lowest BCUT2D eigenvalue weighted by Gasteiger charge is -2.10. The van der Waals surface area contributed by atoms with Crippen molar-refractivity contribution in [2.75, 3.05) is 0 Å². The number of rotatable bonds is 3. The van der Waals surface area contributed by atoms with Crippen molar-refractivity contribution in [2.45, 2.75) is 26.7 Å². The summed E-state index contributed by atoms with van der Waals surface area (Å²) in [6.07, 6.45) is 0. The first-order chi connectivity index (χ1) is 8.91. The van der Waals surface area contributed by atoms with Gasteiger partial charge in [0.1, 0.15) is 0 Å². The van der Waals surface area contributed by atoms with Crippen LogP contribution in [0, 0.1) is 6.92 Å². The Morgan fingerprint density at radius 1 is 1.32 bits per heavy atom. The third kappa shape index (κ3) is 2.56. The van der Waals surface area contributed by atoms with Crippen LogP contribution >= 0.6 is 15.9 Å². The fourth-order valence-corrected chi connectivity index (χ4v) is 2.80. The van der Waals surface area contributed by atoms with E-state index >= 15 is 0 Å². The van der Waals surface area contributed by atoms with Gasteiger partial charge in [-0.3, -0.25) is 0 Å². The Labute approximate surface area is 120 Å². The predicted octanol–water partition coefficient (Wildman–Crippen LogP) is 3.76. The normalized spacial score (nSPS) is 11.0. The van der Waals surface area contributed by atoms with Gasteiger partial charge in [0.25, 0.3) is 0 Å². The van der Waals surface area contributed by atoms with Crippen molar-refractivity contribution in [3.05, 3.63) is 45.7 Å². The van der Waals surface area contributed by atoms with Crippen LogP contribution in [0.1, 0.15) is 41.5 Å². The number of hydrogen-bond donors (Lipinski definition) is 1. The highest BCUT2D eigenvalue weighted by Crippen LogP contribution is 2.30. The number of carbonyl (C=O) groups is 1. The van der Waals surface area contributed by atoms with Gasteiger partial charge >= 0.3 is 5.97 Å². The molecule has 0 saturated carbocycles. The quantitative estimate of drug-likeness (QED) is 0.935. The molecule has 100 valence electrons. The standard InChI is InChI=1S/C14H15BrN2O2/c1-8(2)13-11(15)12(14(18)19)16-17(13)10-6-4-9(3)5-7-10/h4-8H,1-3H3,(H,18,19). The number of benzene rings is 1. The maximum absolute atomic E-state index is 11.2. The van der Waals surface area contributed by atoms with Crippen molar-refractivity contribution in [2.24, 2.45) is 0 Å². The smallest absolute Gasteiger partial charge is 0.357 e. The van der Waals surface area contributed by atoms with E-state index in [4.69, 9.17) is 0 Å². The van der Waals surface area contributed by atoms with Crippen molar-refractivity contribution in [1.29, 1.82) is 0 Å². The Hall–Kier alpha value is -1.62. The summed E-state index contributed by atoms with van der Waals surface area (Å²) in [5, 5.41) is 13.4. The van der Waals surface area contributed by atoms with Gasteiger partial charge < -0.3 is 5.11 Å². The number of aromatic carboxylic acids is 1. The second-order valence-corrected chi connectivity index (χ2v) is 5.55. The molecule has 0 aliphatic heterocycles. The third-order valence-corrected chi connectivity index (χ3v) is 3.67. The van der Waals surface area contributed by atoms with Crippen molar-refractivity contribution < 1.29 is 9.90 Å². The number of aryl methyl sites for hydroxylation is 1. The molecule has 0 amide bonds. The number of aromatic nitrogens is 2. The van der Waals surface area contributed by atoms with Crippen molar-refractivity contribution >= 4 is 21.9 Å². The lowest BCUT2D eigenvalue weighted by molar-refractivity contribution is 0.0689. The van der Waals surface area contributed by atoms with Crippen LogP contribution in [0.15, 0.2) is 28.7 Å². The SMILES string of the molecule is Cc1ccc(-n2nc(C(=O)O)c(Br)c2C(C)C)cc1. The van der Waals surface area contributed by atoms with Crippen molar-refractivity contribution in [1.82, 2.24) is 9.78 Å². The minimum atomic E-state index is -1.03. The summed E-state index contributed by atoms with van der Waals surface area (Å²) in [6, 6.07) is 7.84. The monoisotopic (exact) mass is 322 g/mol. The minimum Gasteiger partial charge on any atom is -0.476 e. The molecular formula is C14H15BrN2O2. The molecule has 0 radical (unpaired) electrons. The Kier molecular flexibility index (Phi) is 3.75. The lowest BCUT2D eigenvalue weighted by Crippen LogP contribution is -2.04. The number of carboxylic acid groups (broad SMARTS) is 1. The van der Waals surface area contributed by atoms with Gasteiger partial charge in [0.15, 0.2) is 5.69 Å². The molecule has 0 atom stereocenters. The highest BCUT2D eigenvalue weighted by Gasteiger charge is 2.23. The molecule has 0 spiro atoms. The first-order valence-electron chi connectivity index (χ1n) is 6.00. The molecule has 2 aromatic rings. The van der Waals surface area contributed by atoms with E-state index in [1.54, 1.807) is 4.68 Å². The predicted molar refractivity (Wildman–Crippen MR) is 77.0 cm³/mol. The molecule has 0 unspecified atom stereocenters. The van der Waals surface area contributed by atoms with Crippen LogP contribution in [0.25, 0.3) is 5.69 Å². The van der Waals surface area contributed by atoms with E-state index in [2.05, 4.69) is 21.0 Å². The van der Waals surface area contributed by atoms with E-state index in [1.807, 2.05) is 45.0 Å². The lowest BCUT2D eigenvalue weighted by atomic mass is 10.1. The number of carboxylic acids is 1. The summed E-state index contributed by atoms with van der Waals surface area (Å²) in [5.41, 5.74) is 2.92. The van der Waals surface area contributed by atoms with Gasteiger partial charge in [0.2, 0.25) is 0 Å². The van der Waals surface area contributed by atoms with Crippen LogP contribution in [0.2, 0.25) is 0 Å². The summed E-state index contributed by atoms with van der Waals surface area (Å²) in [6.45, 7) is 6.03. The zero-order chi connectivity index (χ0) is 14.2. The first-order valence-corrected chi connectivity index (χ1v) is 6.80. The van der Waals surface area contributed by atoms with Crippen LogP contribution in [0.5, 0.6) is 0 Å². The van der Waals surface area contributed by atoms with Crippen LogP contribution < -0.4 is 0 Å². The molecule has 5 heteroatoms. The summed E-state index contributed by atoms with van der Waals surface area (Å²) < 4.78 is 2.24. The largest absolute Gasteiger partial charge is 0.476 e. The Morgan fingerprint density at radius 3 is 2.37 bits per heavy atom. The van der Waals surface area contributed by atoms with E-state index in [0.29, 0.717) is 4.47 Å². The van der Waals surface area contributed by atoms with E-state index in [9.17, 15) is 9.90 Å². The van der Waals surface area contributed by atoms with Gasteiger partial charge in [-0.05, 0) is 40.9 Å². The molecule has 4 nitrogen and oxygen atoms in total. The van der Waals surface area contributed by atoms with Crippen molar-refractivity contribution in [3.63, 3.8) is 0 Å². The molecule has 0 aliphatic carbocycles. The maximum Gasteiger partial charge on any atom is 0.357 e. The average molecular weight is 323 g/mol. The molecular weight excluding hydrogens is 308 g/mol. The second-order valence-electron chi connectivity index (χ2n) is 4.76. The van der Waals surface area contributed by atoms with Crippen LogP contribution in [0.3, 0.4) is 0 Å². The summed E-state index contributed by atoms with van der Waals surface area (Å²) in [5.74, 6) is -0.865. The summed E-state index contributed by atoms with van der Waals surface area (Å²) in [7, 11) is 0. The molecule has 0 aliphatic rings. The van der Waals surface area contributed by atoms with Gasteiger partial charge in [-0.1, -0.05) is 31.5 Å². The zero-order valence-electron chi connectivity index (χ0n) is 11.0. The fourth-order valence-electron chi connectivity index (χ4n) is 1.93. The van der Waals surface area contributed by atoms with Crippen molar-refractivity contribution in [3.8, 4) is 5.69 Å². The fraction of sp³-hybridized carbons (Fsp3) is 0.286. The van der Waals surface area contributed by atoms with Gasteiger partial charge in [0.05, 0.1) is 15.9 Å². The minimum absolute atomic E-state index is 0.0456. The Balaban J connectivity index is 2.65. The molecule has 2 rings (SSSR count). The summed E-state index contributed by atoms with van der Waals surface area (Å²) >= 11 is 3.35. The van der Waals surface area contributed by atoms with Gasteiger partial charge in [-0.15, -0.1) is 0 Å². The average Bonchev–Trinajstić information content (AvgIpc) is 2.68. The Morgan fingerprint density at radius 2 is 1.89 bits per heavy atom. The molecule has 0 bridgehead atoms. The topological polar surface area (TPSA) is 55.1 Å². The van der Waals surface area contributed by atoms with Gasteiger partial charge in [-0.2, -0.15) is 5.10 Å². The highest BCUT2D eigenvalue weighted by molar-refractivity contribution is 9.10. The van der Waals surface area contributed by atoms with E-state index in [0.717, 1.165) is 16.9 Å². The number of hydrogen-bond acceptors (Lipinski definition) is 2. The molecule has 1 aromatic heterocycles. The maximum atomic E-state index is 11.2. The second kappa shape index (κ2) is 5.17. The zero-order valence-corrected chi connectivity index (χ0v) is 12.6. The molecule has 1 aromatic carbocycles. The molecule has 1 heterocycles. The number of halogens is 1. The van der Waals surface area contributed by atoms with Gasteiger partial charge in [0, 0.05) is 0 Å². The van der Waals surface area contributed by atoms with Gasteiger partial charge in [-0.25, -0.2) is 9.48 Å². The van der Waals surface area contributed by atoms with E-state index in [-0.39, 0.29) is 11.6 Å². The first kappa shape index (κ1) is 13.8. The third-order valence-electron chi connectivity index (χ3n) is 2.89. The van der Waals surface area contributed by atoms with E-state index in [1.165, 1.54) is 0 Å². The summed E-state index contributed by atoms with van der Waals surface area (Å²) in [4.78, 5) is 11.2. The molecule has 1 N–H and O–H groups in total. The van der Waals surface area contributed by atoms with Crippen LogP contribution in [-0.2, 0) is 0 Å². The van der Waals surface area contributed by atoms with Crippen LogP contribution in [0.4, 0.5) is 0 Å². The molecule has 0 saturated heterocycles. The van der Waals surface area contributed by atoms with Crippen LogP contribution in [-0.4, -0.2) is 20.9 Å². The number of nitrogens with zero attached hydrogens (tertiary/aromatic N) is 2. The highest BCUT2D eigenvalue weighted by atomic mass is 79.9. The van der Waals surface area contributed by atoms with E-state index < -0.39 is 5.97 Å². The molecule has 19 heavy (non-hydrogen) atoms. The Bertz CT molecular complexity index is 615. The molecule has 0 fully saturated rings.